The second-order valence-electron chi connectivity index (χ2n) is 20.0. The number of aromatic amines is 1. The number of aromatic nitrogens is 3. The maximum atomic E-state index is 15.3. The molecule has 6 nitrogen and oxygen atoms in total. The zero-order chi connectivity index (χ0) is 44.3. The average Bonchev–Trinajstić information content (AvgIpc) is 3.26. The Labute approximate surface area is 371 Å². The summed E-state index contributed by atoms with van der Waals surface area (Å²) in [6, 6.07) is 15.8. The summed E-state index contributed by atoms with van der Waals surface area (Å²) in [7, 11) is 0. The van der Waals surface area contributed by atoms with E-state index in [0.717, 1.165) is 207 Å². The SMILES string of the molecule is CCCCCCc1cc2c3cc(CCCCCC)c4c(=O)nc5[nH]c6ccc(C(C)(C)C)cc6c6cc(c7cc(CCCCCC)c8c(=O)n(C(CC)CC)c(=O)c1c8c27)c3c4c56. The van der Waals surface area contributed by atoms with E-state index >= 15 is 9.59 Å². The van der Waals surface area contributed by atoms with E-state index in [0.29, 0.717) is 5.65 Å². The number of benzene rings is 6. The van der Waals surface area contributed by atoms with Crippen molar-refractivity contribution in [2.75, 3.05) is 0 Å². The molecule has 9 rings (SSSR count). The van der Waals surface area contributed by atoms with Crippen LogP contribution in [0.15, 0.2) is 56.8 Å². The third-order valence-electron chi connectivity index (χ3n) is 14.8. The van der Waals surface area contributed by atoms with Crippen molar-refractivity contribution in [1.82, 2.24) is 14.5 Å². The Bertz CT molecular complexity index is 3290. The highest BCUT2D eigenvalue weighted by Gasteiger charge is 2.29. The van der Waals surface area contributed by atoms with Crippen LogP contribution in [0, 0.1) is 0 Å². The number of H-pyrrole nitrogens is 1. The van der Waals surface area contributed by atoms with Gasteiger partial charge in [0.05, 0.1) is 16.2 Å². The fourth-order valence-electron chi connectivity index (χ4n) is 11.4. The van der Waals surface area contributed by atoms with Gasteiger partial charge in [0.15, 0.2) is 0 Å². The summed E-state index contributed by atoms with van der Waals surface area (Å²) in [6.45, 7) is 17.7. The number of nitrogens with one attached hydrogen (secondary N) is 1. The standard InChI is InChI=1S/C57H67N3O3/c1-9-14-17-20-23-33-28-39-40-29-34(24-21-18-15-10-2)46-52-47(56(63)60(55(46)62)37(12-4)13-5)35(25-22-19-16-11-3)30-41(48(40)52)43-32-42-38-31-36(57(6,7)8)26-27-44(38)58-53-50(42)51(49(39)43)45(33)54(61)59-53/h26-32,37H,9-25H2,1-8H3,(H,58,59,61). The van der Waals surface area contributed by atoms with Gasteiger partial charge in [0.1, 0.15) is 5.65 Å². The molecule has 0 radical (unpaired) electrons. The number of unbranched alkanes of at least 4 members (excludes halogenated alkanes) is 9. The lowest BCUT2D eigenvalue weighted by molar-refractivity contribution is 0.451. The molecule has 3 heterocycles. The molecule has 328 valence electrons. The van der Waals surface area contributed by atoms with Crippen LogP contribution < -0.4 is 16.7 Å². The molecule has 0 spiro atoms. The fraction of sp³-hybridized carbons (Fsp3) is 0.474. The van der Waals surface area contributed by atoms with Gasteiger partial charge in [-0.3, -0.25) is 19.0 Å². The molecule has 0 unspecified atom stereocenters. The van der Waals surface area contributed by atoms with E-state index in [1.54, 1.807) is 4.57 Å². The molecule has 0 atom stereocenters. The molecular weight excluding hydrogens is 775 g/mol. The summed E-state index contributed by atoms with van der Waals surface area (Å²) in [5.74, 6) is 0. The lowest BCUT2D eigenvalue weighted by atomic mass is 9.80. The maximum absolute atomic E-state index is 15.3. The van der Waals surface area contributed by atoms with Crippen LogP contribution in [-0.2, 0) is 24.7 Å². The first-order valence-electron chi connectivity index (χ1n) is 24.7. The number of pyridine rings is 3. The van der Waals surface area contributed by atoms with Crippen LogP contribution in [0.4, 0.5) is 0 Å². The van der Waals surface area contributed by atoms with E-state index in [1.165, 1.54) is 5.56 Å². The third kappa shape index (κ3) is 7.06. The van der Waals surface area contributed by atoms with Crippen molar-refractivity contribution in [2.24, 2.45) is 0 Å². The van der Waals surface area contributed by atoms with Gasteiger partial charge in [0.2, 0.25) is 0 Å². The van der Waals surface area contributed by atoms with E-state index in [4.69, 9.17) is 4.98 Å². The van der Waals surface area contributed by atoms with Crippen LogP contribution >= 0.6 is 0 Å². The molecule has 9 aromatic rings. The first-order chi connectivity index (χ1) is 30.5. The van der Waals surface area contributed by atoms with Gasteiger partial charge in [0, 0.05) is 33.1 Å². The van der Waals surface area contributed by atoms with E-state index in [1.807, 2.05) is 0 Å². The average molecular weight is 842 g/mol. The Balaban J connectivity index is 1.54. The fourth-order valence-corrected chi connectivity index (χ4v) is 11.4. The van der Waals surface area contributed by atoms with Crippen LogP contribution in [0.2, 0.25) is 0 Å². The zero-order valence-corrected chi connectivity index (χ0v) is 39.3. The lowest BCUT2D eigenvalue weighted by Crippen LogP contribution is -2.37. The monoisotopic (exact) mass is 842 g/mol. The summed E-state index contributed by atoms with van der Waals surface area (Å²) in [5, 5.41) is 13.8. The number of fused-ring (bicyclic) bond motifs is 4. The molecule has 6 heteroatoms. The smallest absolute Gasteiger partial charge is 0.279 e. The predicted octanol–water partition coefficient (Wildman–Crippen LogP) is 14.9. The van der Waals surface area contributed by atoms with E-state index < -0.39 is 0 Å². The molecule has 0 amide bonds. The quantitative estimate of drug-likeness (QED) is 0.0530. The summed E-state index contributed by atoms with van der Waals surface area (Å²) in [6.07, 6.45) is 16.8. The van der Waals surface area contributed by atoms with Crippen LogP contribution in [0.25, 0.3) is 86.6 Å². The molecule has 0 aliphatic carbocycles. The van der Waals surface area contributed by atoms with Crippen molar-refractivity contribution in [2.45, 2.75) is 176 Å². The lowest BCUT2D eigenvalue weighted by Gasteiger charge is -2.25. The molecular formula is C57H67N3O3. The maximum Gasteiger partial charge on any atom is 0.279 e. The number of nitrogens with zero attached hydrogens (tertiary/aromatic N) is 2. The normalized spacial score (nSPS) is 12.9. The zero-order valence-electron chi connectivity index (χ0n) is 39.3. The Kier molecular flexibility index (Phi) is 11.7. The van der Waals surface area contributed by atoms with Crippen molar-refractivity contribution in [3.63, 3.8) is 0 Å². The summed E-state index contributed by atoms with van der Waals surface area (Å²) in [4.78, 5) is 53.7. The van der Waals surface area contributed by atoms with Crippen molar-refractivity contribution >= 4 is 86.6 Å². The summed E-state index contributed by atoms with van der Waals surface area (Å²) < 4.78 is 1.65. The molecule has 0 saturated heterocycles. The van der Waals surface area contributed by atoms with Crippen molar-refractivity contribution in [3.05, 3.63) is 95.8 Å². The Morgan fingerprint density at radius 1 is 0.508 bits per heavy atom. The van der Waals surface area contributed by atoms with Gasteiger partial charge < -0.3 is 4.98 Å². The third-order valence-corrected chi connectivity index (χ3v) is 14.8. The van der Waals surface area contributed by atoms with Gasteiger partial charge in [-0.15, -0.1) is 0 Å². The largest absolute Gasteiger partial charge is 0.339 e. The molecule has 0 fully saturated rings. The molecule has 0 aliphatic rings. The molecule has 63 heavy (non-hydrogen) atoms. The van der Waals surface area contributed by atoms with Crippen LogP contribution in [0.3, 0.4) is 0 Å². The Hall–Kier alpha value is -5.10. The van der Waals surface area contributed by atoms with Crippen molar-refractivity contribution in [3.8, 4) is 0 Å². The Morgan fingerprint density at radius 2 is 0.968 bits per heavy atom. The van der Waals surface area contributed by atoms with Gasteiger partial charge >= 0.3 is 0 Å². The van der Waals surface area contributed by atoms with Crippen LogP contribution in [-0.4, -0.2) is 14.5 Å². The van der Waals surface area contributed by atoms with Gasteiger partial charge in [-0.25, -0.2) is 0 Å². The molecule has 0 bridgehead atoms. The van der Waals surface area contributed by atoms with Gasteiger partial charge in [-0.2, -0.15) is 4.98 Å². The van der Waals surface area contributed by atoms with E-state index in [9.17, 15) is 4.79 Å². The van der Waals surface area contributed by atoms with E-state index in [2.05, 4.69) is 103 Å². The van der Waals surface area contributed by atoms with Gasteiger partial charge in [-0.05, 0) is 153 Å². The first-order valence-corrected chi connectivity index (χ1v) is 24.7. The molecule has 1 N–H and O–H groups in total. The second kappa shape index (κ2) is 17.1. The molecule has 6 aromatic carbocycles. The molecule has 0 aliphatic heterocycles. The number of hydrogen-bond donors (Lipinski definition) is 1. The summed E-state index contributed by atoms with van der Waals surface area (Å²) in [5.41, 5.74) is 5.45. The van der Waals surface area contributed by atoms with Crippen molar-refractivity contribution in [1.29, 1.82) is 0 Å². The van der Waals surface area contributed by atoms with Crippen molar-refractivity contribution < 1.29 is 0 Å². The first kappa shape index (κ1) is 43.2. The minimum Gasteiger partial charge on any atom is -0.339 e. The molecule has 0 saturated carbocycles. The second-order valence-corrected chi connectivity index (χ2v) is 20.0. The number of rotatable bonds is 18. The summed E-state index contributed by atoms with van der Waals surface area (Å²) >= 11 is 0. The van der Waals surface area contributed by atoms with Gasteiger partial charge in [-0.1, -0.05) is 119 Å². The minimum absolute atomic E-state index is 0.0702. The van der Waals surface area contributed by atoms with Crippen LogP contribution in [0.5, 0.6) is 0 Å². The topological polar surface area (TPSA) is 84.8 Å². The van der Waals surface area contributed by atoms with Crippen LogP contribution in [0.1, 0.15) is 174 Å². The predicted molar refractivity (Wildman–Crippen MR) is 271 cm³/mol. The number of hydrogen-bond acceptors (Lipinski definition) is 4. The van der Waals surface area contributed by atoms with E-state index in [-0.39, 0.29) is 28.1 Å². The highest BCUT2D eigenvalue weighted by molar-refractivity contribution is 6.43. The highest BCUT2D eigenvalue weighted by Crippen LogP contribution is 2.49. The highest BCUT2D eigenvalue weighted by atomic mass is 16.2. The van der Waals surface area contributed by atoms with Gasteiger partial charge in [0.25, 0.3) is 16.7 Å². The minimum atomic E-state index is -0.179. The molecule has 3 aromatic heterocycles. The number of aryl methyl sites for hydroxylation is 3. The Morgan fingerprint density at radius 3 is 1.44 bits per heavy atom.